The van der Waals surface area contributed by atoms with Crippen LogP contribution in [0, 0.1) is 0 Å². The van der Waals surface area contributed by atoms with E-state index in [0.29, 0.717) is 23.4 Å². The molecule has 0 bridgehead atoms. The van der Waals surface area contributed by atoms with Gasteiger partial charge in [0.15, 0.2) is 0 Å². The molecule has 0 unspecified atom stereocenters. The number of carbonyl (C=O) groups is 2. The first-order valence-corrected chi connectivity index (χ1v) is 9.50. The van der Waals surface area contributed by atoms with Gasteiger partial charge in [0, 0.05) is 40.5 Å². The average Bonchev–Trinajstić information content (AvgIpc) is 3.18. The molecule has 1 heterocycles. The van der Waals surface area contributed by atoms with Crippen LogP contribution in [0.25, 0.3) is 10.9 Å². The second kappa shape index (κ2) is 8.44. The van der Waals surface area contributed by atoms with Gasteiger partial charge in [-0.15, -0.1) is 0 Å². The molecule has 0 aliphatic heterocycles. The predicted octanol–water partition coefficient (Wildman–Crippen LogP) is 4.39. The van der Waals surface area contributed by atoms with Crippen molar-refractivity contribution in [2.75, 3.05) is 11.9 Å². The summed E-state index contributed by atoms with van der Waals surface area (Å²) in [6.07, 6.45) is 2.70. The number of nitrogens with one attached hydrogen (secondary N) is 3. The van der Waals surface area contributed by atoms with Gasteiger partial charge in [-0.25, -0.2) is 0 Å². The maximum absolute atomic E-state index is 12.5. The number of benzene rings is 3. The van der Waals surface area contributed by atoms with E-state index in [2.05, 4.69) is 21.7 Å². The second-order valence-corrected chi connectivity index (χ2v) is 6.77. The molecule has 1 aromatic heterocycles. The van der Waals surface area contributed by atoms with Gasteiger partial charge in [-0.05, 0) is 48.4 Å². The third-order valence-electron chi connectivity index (χ3n) is 4.77. The molecule has 0 spiro atoms. The molecule has 5 nitrogen and oxygen atoms in total. The van der Waals surface area contributed by atoms with Gasteiger partial charge in [0.1, 0.15) is 0 Å². The van der Waals surface area contributed by atoms with Crippen molar-refractivity contribution in [2.45, 2.75) is 6.42 Å². The average molecular weight is 383 g/mol. The van der Waals surface area contributed by atoms with Crippen molar-refractivity contribution in [3.8, 4) is 0 Å². The second-order valence-electron chi connectivity index (χ2n) is 6.77. The van der Waals surface area contributed by atoms with Crippen molar-refractivity contribution in [1.29, 1.82) is 0 Å². The Bertz CT molecular complexity index is 1150. The highest BCUT2D eigenvalue weighted by molar-refractivity contribution is 6.06. The Kier molecular flexibility index (Phi) is 5.38. The van der Waals surface area contributed by atoms with Crippen molar-refractivity contribution in [3.05, 3.63) is 102 Å². The number of aromatic amines is 1. The molecule has 0 radical (unpaired) electrons. The van der Waals surface area contributed by atoms with E-state index in [9.17, 15) is 9.59 Å². The van der Waals surface area contributed by atoms with Crippen LogP contribution in [0.15, 0.2) is 85.1 Å². The number of H-pyrrole nitrogens is 1. The largest absolute Gasteiger partial charge is 0.361 e. The van der Waals surface area contributed by atoms with Gasteiger partial charge in [0.05, 0.1) is 0 Å². The standard InChI is InChI=1S/C24H21N3O2/c28-23(25-14-13-19-16-26-22-12-5-4-11-21(19)22)17-7-6-8-18(15-17)24(29)27-20-9-2-1-3-10-20/h1-12,15-16,26H,13-14H2,(H,25,28)(H,27,29). The summed E-state index contributed by atoms with van der Waals surface area (Å²) in [6.45, 7) is 0.515. The van der Waals surface area contributed by atoms with Crippen molar-refractivity contribution >= 4 is 28.4 Å². The number of fused-ring (bicyclic) bond motifs is 1. The van der Waals surface area contributed by atoms with Gasteiger partial charge in [-0.1, -0.05) is 42.5 Å². The molecule has 4 aromatic rings. The monoisotopic (exact) mass is 383 g/mol. The molecule has 4 rings (SSSR count). The van der Waals surface area contributed by atoms with Gasteiger partial charge in [0.2, 0.25) is 0 Å². The zero-order chi connectivity index (χ0) is 20.1. The summed E-state index contributed by atoms with van der Waals surface area (Å²) in [4.78, 5) is 28.2. The molecule has 0 fully saturated rings. The molecule has 29 heavy (non-hydrogen) atoms. The number of hydrogen-bond donors (Lipinski definition) is 3. The summed E-state index contributed by atoms with van der Waals surface area (Å²) in [5, 5.41) is 6.93. The van der Waals surface area contributed by atoms with Gasteiger partial charge >= 0.3 is 0 Å². The number of amides is 2. The number of carbonyl (C=O) groups excluding carboxylic acids is 2. The quantitative estimate of drug-likeness (QED) is 0.462. The van der Waals surface area contributed by atoms with Crippen LogP contribution in [0.3, 0.4) is 0 Å². The van der Waals surface area contributed by atoms with E-state index in [0.717, 1.165) is 17.5 Å². The number of anilines is 1. The first-order chi connectivity index (χ1) is 14.2. The smallest absolute Gasteiger partial charge is 0.255 e. The third-order valence-corrected chi connectivity index (χ3v) is 4.77. The Morgan fingerprint density at radius 3 is 2.34 bits per heavy atom. The summed E-state index contributed by atoms with van der Waals surface area (Å²) in [6, 6.07) is 24.1. The van der Waals surface area contributed by atoms with E-state index >= 15 is 0 Å². The van der Waals surface area contributed by atoms with Crippen LogP contribution >= 0.6 is 0 Å². The van der Waals surface area contributed by atoms with Crippen LogP contribution < -0.4 is 10.6 Å². The van der Waals surface area contributed by atoms with Crippen LogP contribution in [0.1, 0.15) is 26.3 Å². The van der Waals surface area contributed by atoms with Crippen LogP contribution in [0.2, 0.25) is 0 Å². The first-order valence-electron chi connectivity index (χ1n) is 9.50. The molecule has 5 heteroatoms. The highest BCUT2D eigenvalue weighted by atomic mass is 16.2. The lowest BCUT2D eigenvalue weighted by molar-refractivity contribution is 0.0954. The minimum absolute atomic E-state index is 0.195. The van der Waals surface area contributed by atoms with Crippen molar-refractivity contribution in [3.63, 3.8) is 0 Å². The van der Waals surface area contributed by atoms with Crippen LogP contribution in [0.4, 0.5) is 5.69 Å². The Hall–Kier alpha value is -3.86. The van der Waals surface area contributed by atoms with Gasteiger partial charge in [0.25, 0.3) is 11.8 Å². The van der Waals surface area contributed by atoms with E-state index in [1.165, 1.54) is 5.39 Å². The molecular formula is C24H21N3O2. The van der Waals surface area contributed by atoms with Crippen LogP contribution in [-0.4, -0.2) is 23.3 Å². The van der Waals surface area contributed by atoms with Crippen LogP contribution in [0.5, 0.6) is 0 Å². The summed E-state index contributed by atoms with van der Waals surface area (Å²) in [7, 11) is 0. The van der Waals surface area contributed by atoms with Crippen molar-refractivity contribution < 1.29 is 9.59 Å². The molecule has 0 saturated heterocycles. The number of rotatable bonds is 6. The molecule has 3 aromatic carbocycles. The summed E-state index contributed by atoms with van der Waals surface area (Å²) < 4.78 is 0. The third kappa shape index (κ3) is 4.35. The lowest BCUT2D eigenvalue weighted by Crippen LogP contribution is -2.26. The maximum atomic E-state index is 12.5. The Balaban J connectivity index is 1.37. The summed E-state index contributed by atoms with van der Waals surface area (Å²) in [5.74, 6) is -0.441. The Labute approximate surface area is 168 Å². The minimum atomic E-state index is -0.246. The van der Waals surface area contributed by atoms with Gasteiger partial charge < -0.3 is 15.6 Å². The van der Waals surface area contributed by atoms with Crippen molar-refractivity contribution in [2.24, 2.45) is 0 Å². The topological polar surface area (TPSA) is 74.0 Å². The highest BCUT2D eigenvalue weighted by Gasteiger charge is 2.11. The first kappa shape index (κ1) is 18.5. The molecule has 0 aliphatic carbocycles. The molecule has 0 atom stereocenters. The Morgan fingerprint density at radius 2 is 1.52 bits per heavy atom. The van der Waals surface area contributed by atoms with Crippen molar-refractivity contribution in [1.82, 2.24) is 10.3 Å². The van der Waals surface area contributed by atoms with Gasteiger partial charge in [-0.2, -0.15) is 0 Å². The van der Waals surface area contributed by atoms with E-state index in [1.54, 1.807) is 24.3 Å². The SMILES string of the molecule is O=C(NCCc1c[nH]c2ccccc12)c1cccc(C(=O)Nc2ccccc2)c1. The highest BCUT2D eigenvalue weighted by Crippen LogP contribution is 2.17. The fourth-order valence-corrected chi connectivity index (χ4v) is 3.28. The number of hydrogen-bond acceptors (Lipinski definition) is 2. The fourth-order valence-electron chi connectivity index (χ4n) is 3.28. The zero-order valence-corrected chi connectivity index (χ0v) is 15.8. The molecular weight excluding hydrogens is 362 g/mol. The van der Waals surface area contributed by atoms with E-state index in [1.807, 2.05) is 54.7 Å². The molecule has 144 valence electrons. The maximum Gasteiger partial charge on any atom is 0.255 e. The lowest BCUT2D eigenvalue weighted by atomic mass is 10.1. The lowest BCUT2D eigenvalue weighted by Gasteiger charge is -2.08. The Morgan fingerprint density at radius 1 is 0.793 bits per heavy atom. The van der Waals surface area contributed by atoms with E-state index < -0.39 is 0 Å². The number of aromatic nitrogens is 1. The minimum Gasteiger partial charge on any atom is -0.361 e. The molecule has 2 amide bonds. The molecule has 0 aliphatic rings. The predicted molar refractivity (Wildman–Crippen MR) is 115 cm³/mol. The zero-order valence-electron chi connectivity index (χ0n) is 15.8. The normalized spacial score (nSPS) is 10.6. The number of para-hydroxylation sites is 2. The van der Waals surface area contributed by atoms with Crippen LogP contribution in [-0.2, 0) is 6.42 Å². The molecule has 3 N–H and O–H groups in total. The summed E-state index contributed by atoms with van der Waals surface area (Å²) in [5.41, 5.74) is 3.87. The summed E-state index contributed by atoms with van der Waals surface area (Å²) >= 11 is 0. The van der Waals surface area contributed by atoms with E-state index in [4.69, 9.17) is 0 Å². The molecule has 0 saturated carbocycles. The van der Waals surface area contributed by atoms with Gasteiger partial charge in [-0.3, -0.25) is 9.59 Å². The fraction of sp³-hybridized carbons (Fsp3) is 0.0833. The van der Waals surface area contributed by atoms with E-state index in [-0.39, 0.29) is 11.8 Å².